The molecule has 2 saturated heterocycles. The third kappa shape index (κ3) is 2.92. The number of methoxy groups -OCH3 is 1. The molecule has 0 radical (unpaired) electrons. The lowest BCUT2D eigenvalue weighted by Gasteiger charge is -2.44. The van der Waals surface area contributed by atoms with Gasteiger partial charge in [-0.25, -0.2) is 0 Å². The van der Waals surface area contributed by atoms with Gasteiger partial charge in [0, 0.05) is 24.5 Å². The molecule has 1 aromatic rings. The van der Waals surface area contributed by atoms with Crippen molar-refractivity contribution < 1.29 is 29.0 Å². The molecule has 0 spiro atoms. The molecule has 2 heterocycles. The van der Waals surface area contributed by atoms with Crippen molar-refractivity contribution in [3.63, 3.8) is 0 Å². The molecule has 2 aliphatic carbocycles. The highest BCUT2D eigenvalue weighted by molar-refractivity contribution is 9.13. The number of benzene rings is 1. The van der Waals surface area contributed by atoms with Gasteiger partial charge in [0.2, 0.25) is 23.6 Å². The number of allylic oxidation sites excluding steroid dienone is 2. The highest BCUT2D eigenvalue weighted by Gasteiger charge is 2.61. The number of rotatable bonds is 2. The van der Waals surface area contributed by atoms with Crippen LogP contribution < -0.4 is 4.74 Å². The third-order valence-corrected chi connectivity index (χ3v) is 9.98. The Labute approximate surface area is 207 Å². The predicted octanol–water partition coefficient (Wildman–Crippen LogP) is 2.82. The first-order valence-corrected chi connectivity index (χ1v) is 12.3. The molecule has 4 amide bonds. The number of aromatic hydroxyl groups is 1. The van der Waals surface area contributed by atoms with Crippen LogP contribution in [0.4, 0.5) is 0 Å². The Hall–Kier alpha value is -2.20. The topological polar surface area (TPSA) is 104 Å². The average molecular weight is 582 g/mol. The van der Waals surface area contributed by atoms with Crippen LogP contribution in [0, 0.1) is 29.6 Å². The van der Waals surface area contributed by atoms with E-state index in [2.05, 4.69) is 31.9 Å². The lowest BCUT2D eigenvalue weighted by Crippen LogP contribution is -2.43. The molecule has 0 bridgehead atoms. The van der Waals surface area contributed by atoms with E-state index in [0.717, 1.165) is 5.57 Å². The van der Waals surface area contributed by atoms with Gasteiger partial charge in [0.1, 0.15) is 0 Å². The van der Waals surface area contributed by atoms with E-state index < -0.39 is 29.6 Å². The van der Waals surface area contributed by atoms with Crippen molar-refractivity contribution in [1.82, 2.24) is 9.80 Å². The standard InChI is InChI=1S/C23H22Br2N2O6/c1-26-20(29)9-5-4-8-10(15(9)22(26)31)6-12-16(23(32)27(2)21(12)30)14(8)11-7-13(33-3)19(28)18(25)17(11)24/h4,7,9-10,12,14-16,28H,5-6H2,1-3H3/t9-,10+,12+,14+,15-,16+/m0/s1. The summed E-state index contributed by atoms with van der Waals surface area (Å²) in [5.74, 6) is -3.86. The van der Waals surface area contributed by atoms with E-state index >= 15 is 0 Å². The number of carbonyl (C=O) groups is 4. The summed E-state index contributed by atoms with van der Waals surface area (Å²) in [4.78, 5) is 54.4. The quantitative estimate of drug-likeness (QED) is 0.425. The molecule has 2 aliphatic heterocycles. The zero-order valence-corrected chi connectivity index (χ0v) is 21.3. The van der Waals surface area contributed by atoms with Crippen LogP contribution in [0.25, 0.3) is 0 Å². The second kappa shape index (κ2) is 7.66. The minimum atomic E-state index is -0.635. The Morgan fingerprint density at radius 2 is 1.52 bits per heavy atom. The van der Waals surface area contributed by atoms with E-state index in [1.165, 1.54) is 31.0 Å². The van der Waals surface area contributed by atoms with Crippen molar-refractivity contribution in [3.05, 3.63) is 32.2 Å². The second-order valence-corrected chi connectivity index (χ2v) is 10.7. The number of phenols is 1. The molecule has 0 aromatic heterocycles. The van der Waals surface area contributed by atoms with Crippen LogP contribution in [0.15, 0.2) is 26.7 Å². The molecule has 33 heavy (non-hydrogen) atoms. The fraction of sp³-hybridized carbons (Fsp3) is 0.478. The summed E-state index contributed by atoms with van der Waals surface area (Å²) >= 11 is 6.95. The van der Waals surface area contributed by atoms with Gasteiger partial charge in [-0.15, -0.1) is 0 Å². The van der Waals surface area contributed by atoms with Gasteiger partial charge in [0.25, 0.3) is 0 Å². The fourth-order valence-electron chi connectivity index (χ4n) is 6.25. The van der Waals surface area contributed by atoms with Gasteiger partial charge in [0.05, 0.1) is 35.3 Å². The third-order valence-electron chi connectivity index (χ3n) is 7.82. The average Bonchev–Trinajstić information content (AvgIpc) is 3.16. The summed E-state index contributed by atoms with van der Waals surface area (Å²) < 4.78 is 6.28. The maximum absolute atomic E-state index is 13.3. The summed E-state index contributed by atoms with van der Waals surface area (Å²) in [5, 5.41) is 10.4. The Bertz CT molecular complexity index is 1160. The van der Waals surface area contributed by atoms with Crippen LogP contribution >= 0.6 is 31.9 Å². The van der Waals surface area contributed by atoms with Crippen molar-refractivity contribution in [2.45, 2.75) is 18.8 Å². The van der Waals surface area contributed by atoms with Gasteiger partial charge < -0.3 is 9.84 Å². The zero-order valence-electron chi connectivity index (χ0n) is 18.2. The minimum Gasteiger partial charge on any atom is -0.503 e. The monoisotopic (exact) mass is 580 g/mol. The minimum absolute atomic E-state index is 0.0844. The summed E-state index contributed by atoms with van der Waals surface area (Å²) in [5.41, 5.74) is 1.58. The highest BCUT2D eigenvalue weighted by Crippen LogP contribution is 2.59. The van der Waals surface area contributed by atoms with Gasteiger partial charge in [0.15, 0.2) is 11.5 Å². The molecular weight excluding hydrogens is 560 g/mol. The van der Waals surface area contributed by atoms with Crippen LogP contribution in [0.3, 0.4) is 0 Å². The van der Waals surface area contributed by atoms with Crippen LogP contribution in [0.1, 0.15) is 24.3 Å². The summed E-state index contributed by atoms with van der Waals surface area (Å²) in [6.07, 6.45) is 2.74. The molecule has 3 fully saturated rings. The number of amides is 4. The largest absolute Gasteiger partial charge is 0.503 e. The normalized spacial score (nSPS) is 33.2. The molecule has 0 unspecified atom stereocenters. The van der Waals surface area contributed by atoms with Gasteiger partial charge >= 0.3 is 0 Å². The molecule has 6 atom stereocenters. The van der Waals surface area contributed by atoms with Crippen molar-refractivity contribution in [3.8, 4) is 11.5 Å². The maximum atomic E-state index is 13.3. The van der Waals surface area contributed by atoms with E-state index in [0.29, 0.717) is 27.4 Å². The number of ether oxygens (including phenoxy) is 1. The number of hydrogen-bond donors (Lipinski definition) is 1. The molecule has 8 nitrogen and oxygen atoms in total. The molecule has 1 saturated carbocycles. The maximum Gasteiger partial charge on any atom is 0.233 e. The number of fused-ring (bicyclic) bond motifs is 4. The first-order chi connectivity index (χ1) is 15.6. The van der Waals surface area contributed by atoms with Crippen LogP contribution in [-0.2, 0) is 19.2 Å². The first kappa shape index (κ1) is 22.6. The summed E-state index contributed by atoms with van der Waals surface area (Å²) in [7, 11) is 4.43. The Balaban J connectivity index is 1.72. The van der Waals surface area contributed by atoms with Crippen molar-refractivity contribution >= 4 is 55.5 Å². The number of phenolic OH excluding ortho intramolecular Hbond substituents is 1. The smallest absolute Gasteiger partial charge is 0.233 e. The number of halogens is 2. The van der Waals surface area contributed by atoms with Gasteiger partial charge in [-0.2, -0.15) is 0 Å². The lowest BCUT2D eigenvalue weighted by molar-refractivity contribution is -0.140. The van der Waals surface area contributed by atoms with Crippen molar-refractivity contribution in [1.29, 1.82) is 0 Å². The van der Waals surface area contributed by atoms with Crippen LogP contribution in [0.5, 0.6) is 11.5 Å². The first-order valence-electron chi connectivity index (χ1n) is 10.7. The number of nitrogens with zero attached hydrogens (tertiary/aromatic N) is 2. The highest BCUT2D eigenvalue weighted by atomic mass is 79.9. The van der Waals surface area contributed by atoms with Crippen molar-refractivity contribution in [2.24, 2.45) is 29.6 Å². The Kier molecular flexibility index (Phi) is 5.24. The van der Waals surface area contributed by atoms with E-state index in [9.17, 15) is 24.3 Å². The molecule has 174 valence electrons. The molecule has 1 N–H and O–H groups in total. The second-order valence-electron chi connectivity index (χ2n) is 9.14. The van der Waals surface area contributed by atoms with Crippen molar-refractivity contribution in [2.75, 3.05) is 21.2 Å². The summed E-state index contributed by atoms with van der Waals surface area (Å²) in [6, 6.07) is 1.67. The number of carbonyl (C=O) groups excluding carboxylic acids is 4. The SMILES string of the molecule is COc1cc([C@H]2C3=CC[C@@H]4C(=O)N(C)C(=O)[C@@H]4[C@@H]3C[C@H]3C(=O)N(C)C(=O)[C@@H]23)c(Br)c(Br)c1O. The molecule has 4 aliphatic rings. The molecular formula is C23H22Br2N2O6. The van der Waals surface area contributed by atoms with Crippen LogP contribution in [-0.4, -0.2) is 59.7 Å². The Morgan fingerprint density at radius 3 is 2.15 bits per heavy atom. The van der Waals surface area contributed by atoms with E-state index in [1.807, 2.05) is 6.08 Å². The predicted molar refractivity (Wildman–Crippen MR) is 123 cm³/mol. The number of likely N-dealkylation sites (tertiary alicyclic amines) is 2. The van der Waals surface area contributed by atoms with E-state index in [-0.39, 0.29) is 41.0 Å². The van der Waals surface area contributed by atoms with E-state index in [4.69, 9.17) is 4.74 Å². The summed E-state index contributed by atoms with van der Waals surface area (Å²) in [6.45, 7) is 0. The lowest BCUT2D eigenvalue weighted by atomic mass is 9.57. The number of imide groups is 2. The zero-order chi connectivity index (χ0) is 23.9. The molecule has 1 aromatic carbocycles. The van der Waals surface area contributed by atoms with Gasteiger partial charge in [-0.3, -0.25) is 29.0 Å². The fourth-order valence-corrected chi connectivity index (χ4v) is 7.22. The number of hydrogen-bond acceptors (Lipinski definition) is 6. The van der Waals surface area contributed by atoms with Crippen LogP contribution in [0.2, 0.25) is 0 Å². The molecule has 5 rings (SSSR count). The molecule has 10 heteroatoms. The van der Waals surface area contributed by atoms with E-state index in [1.54, 1.807) is 6.07 Å². The Morgan fingerprint density at radius 1 is 0.909 bits per heavy atom. The van der Waals surface area contributed by atoms with Gasteiger partial charge in [-0.1, -0.05) is 11.6 Å². The van der Waals surface area contributed by atoms with Gasteiger partial charge in [-0.05, 0) is 62.2 Å².